The molecule has 3 aromatic rings. The molecule has 0 fully saturated rings. The van der Waals surface area contributed by atoms with Crippen LogP contribution < -0.4 is 5.73 Å². The summed E-state index contributed by atoms with van der Waals surface area (Å²) in [6.45, 7) is 4.87. The van der Waals surface area contributed by atoms with Crippen molar-refractivity contribution in [3.63, 3.8) is 0 Å². The van der Waals surface area contributed by atoms with E-state index in [0.29, 0.717) is 0 Å². The lowest BCUT2D eigenvalue weighted by atomic mass is 10.2. The molecule has 0 amide bonds. The van der Waals surface area contributed by atoms with Crippen molar-refractivity contribution in [1.29, 1.82) is 0 Å². The first-order valence-electron chi connectivity index (χ1n) is 6.49. The molecule has 1 atom stereocenters. The van der Waals surface area contributed by atoms with Crippen molar-refractivity contribution in [2.45, 2.75) is 26.4 Å². The zero-order valence-corrected chi connectivity index (χ0v) is 11.2. The molecule has 1 unspecified atom stereocenters. The van der Waals surface area contributed by atoms with Gasteiger partial charge in [-0.1, -0.05) is 12.1 Å². The van der Waals surface area contributed by atoms with Crippen molar-refractivity contribution in [2.24, 2.45) is 5.73 Å². The molecule has 4 nitrogen and oxygen atoms in total. The van der Waals surface area contributed by atoms with Crippen molar-refractivity contribution in [3.8, 4) is 11.4 Å². The van der Waals surface area contributed by atoms with Gasteiger partial charge in [0.1, 0.15) is 5.69 Å². The van der Waals surface area contributed by atoms with E-state index in [1.807, 2.05) is 24.0 Å². The fourth-order valence-electron chi connectivity index (χ4n) is 2.31. The van der Waals surface area contributed by atoms with Crippen LogP contribution in [0.5, 0.6) is 0 Å². The highest BCUT2D eigenvalue weighted by molar-refractivity contribution is 5.85. The summed E-state index contributed by atoms with van der Waals surface area (Å²) >= 11 is 0. The number of nitrogens with one attached hydrogen (secondary N) is 1. The standard InChI is InChI=1S/C15H18N4/c1-10-3-4-12-6-14(18-13(12)5-10)15-8-19(9-17-15)7-11(2)16/h3-6,8-9,11,18H,7,16H2,1-2H3. The van der Waals surface area contributed by atoms with Gasteiger partial charge in [-0.05, 0) is 31.5 Å². The van der Waals surface area contributed by atoms with Crippen LogP contribution in [0.25, 0.3) is 22.3 Å². The Bertz CT molecular complexity index is 706. The van der Waals surface area contributed by atoms with Crippen LogP contribution in [-0.4, -0.2) is 20.6 Å². The van der Waals surface area contributed by atoms with Gasteiger partial charge in [0.25, 0.3) is 0 Å². The number of hydrogen-bond donors (Lipinski definition) is 2. The fraction of sp³-hybridized carbons (Fsp3) is 0.267. The van der Waals surface area contributed by atoms with E-state index in [-0.39, 0.29) is 6.04 Å². The largest absolute Gasteiger partial charge is 0.353 e. The number of nitrogens with zero attached hydrogens (tertiary/aromatic N) is 2. The van der Waals surface area contributed by atoms with Crippen molar-refractivity contribution in [2.75, 3.05) is 0 Å². The number of aromatic amines is 1. The van der Waals surface area contributed by atoms with Crippen molar-refractivity contribution in [1.82, 2.24) is 14.5 Å². The molecule has 0 spiro atoms. The number of H-pyrrole nitrogens is 1. The molecule has 4 heteroatoms. The summed E-state index contributed by atoms with van der Waals surface area (Å²) < 4.78 is 2.02. The zero-order chi connectivity index (χ0) is 13.4. The van der Waals surface area contributed by atoms with Gasteiger partial charge in [0, 0.05) is 29.7 Å². The molecular weight excluding hydrogens is 236 g/mol. The van der Waals surface area contributed by atoms with Crippen LogP contribution in [0.3, 0.4) is 0 Å². The van der Waals surface area contributed by atoms with E-state index >= 15 is 0 Å². The van der Waals surface area contributed by atoms with Gasteiger partial charge in [-0.3, -0.25) is 0 Å². The first-order valence-corrected chi connectivity index (χ1v) is 6.49. The second-order valence-corrected chi connectivity index (χ2v) is 5.21. The van der Waals surface area contributed by atoms with Gasteiger partial charge in [0.2, 0.25) is 0 Å². The van der Waals surface area contributed by atoms with Crippen molar-refractivity contribution >= 4 is 10.9 Å². The van der Waals surface area contributed by atoms with Gasteiger partial charge >= 0.3 is 0 Å². The third kappa shape index (κ3) is 2.39. The molecule has 98 valence electrons. The van der Waals surface area contributed by atoms with Crippen molar-refractivity contribution in [3.05, 3.63) is 42.4 Å². The molecule has 0 aliphatic rings. The van der Waals surface area contributed by atoms with Gasteiger partial charge in [0.15, 0.2) is 0 Å². The van der Waals surface area contributed by atoms with Crippen LogP contribution >= 0.6 is 0 Å². The van der Waals surface area contributed by atoms with Gasteiger partial charge < -0.3 is 15.3 Å². The monoisotopic (exact) mass is 254 g/mol. The Morgan fingerprint density at radius 2 is 2.21 bits per heavy atom. The Morgan fingerprint density at radius 3 is 3.00 bits per heavy atom. The summed E-state index contributed by atoms with van der Waals surface area (Å²) in [5, 5.41) is 1.21. The second-order valence-electron chi connectivity index (χ2n) is 5.21. The second kappa shape index (κ2) is 4.55. The maximum atomic E-state index is 5.79. The molecule has 19 heavy (non-hydrogen) atoms. The predicted octanol–water partition coefficient (Wildman–Crippen LogP) is 2.69. The third-order valence-electron chi connectivity index (χ3n) is 3.19. The molecule has 2 aromatic heterocycles. The first kappa shape index (κ1) is 12.0. The van der Waals surface area contributed by atoms with E-state index < -0.39 is 0 Å². The SMILES string of the molecule is Cc1ccc2cc(-c3cn(CC(C)N)cn3)[nH]c2c1. The van der Waals surface area contributed by atoms with Crippen LogP contribution in [0.15, 0.2) is 36.8 Å². The highest BCUT2D eigenvalue weighted by Gasteiger charge is 2.07. The predicted molar refractivity (Wildman–Crippen MR) is 77.9 cm³/mol. The zero-order valence-electron chi connectivity index (χ0n) is 11.2. The van der Waals surface area contributed by atoms with E-state index in [1.54, 1.807) is 0 Å². The van der Waals surface area contributed by atoms with Gasteiger partial charge in [-0.25, -0.2) is 4.98 Å². The van der Waals surface area contributed by atoms with Crippen LogP contribution in [-0.2, 0) is 6.54 Å². The average molecular weight is 254 g/mol. The Labute approximate surface area is 112 Å². The molecule has 0 bridgehead atoms. The molecule has 0 saturated heterocycles. The quantitative estimate of drug-likeness (QED) is 0.755. The number of imidazole rings is 1. The van der Waals surface area contributed by atoms with Crippen LogP contribution in [0, 0.1) is 6.92 Å². The van der Waals surface area contributed by atoms with Gasteiger partial charge in [0.05, 0.1) is 12.0 Å². The number of benzene rings is 1. The number of aryl methyl sites for hydroxylation is 1. The lowest BCUT2D eigenvalue weighted by Gasteiger charge is -2.04. The molecule has 2 heterocycles. The Kier molecular flexibility index (Phi) is 2.87. The van der Waals surface area contributed by atoms with E-state index in [9.17, 15) is 0 Å². The van der Waals surface area contributed by atoms with Gasteiger partial charge in [-0.15, -0.1) is 0 Å². The summed E-state index contributed by atoms with van der Waals surface area (Å²) in [4.78, 5) is 7.85. The Balaban J connectivity index is 1.97. The lowest BCUT2D eigenvalue weighted by molar-refractivity contribution is 0.589. The number of rotatable bonds is 3. The fourth-order valence-corrected chi connectivity index (χ4v) is 2.31. The number of hydrogen-bond acceptors (Lipinski definition) is 2. The highest BCUT2D eigenvalue weighted by Crippen LogP contribution is 2.23. The number of nitrogens with two attached hydrogens (primary N) is 1. The molecule has 0 radical (unpaired) electrons. The highest BCUT2D eigenvalue weighted by atomic mass is 15.0. The summed E-state index contributed by atoms with van der Waals surface area (Å²) in [7, 11) is 0. The third-order valence-corrected chi connectivity index (χ3v) is 3.19. The summed E-state index contributed by atoms with van der Waals surface area (Å²) in [5.41, 5.74) is 10.2. The summed E-state index contributed by atoms with van der Waals surface area (Å²) in [6, 6.07) is 8.66. The molecule has 3 rings (SSSR count). The topological polar surface area (TPSA) is 59.6 Å². The summed E-state index contributed by atoms with van der Waals surface area (Å²) in [5.74, 6) is 0. The van der Waals surface area contributed by atoms with E-state index in [1.165, 1.54) is 10.9 Å². The number of aromatic nitrogens is 3. The normalized spacial score (nSPS) is 13.0. The molecule has 0 saturated carbocycles. The maximum Gasteiger partial charge on any atom is 0.104 e. The molecule has 1 aromatic carbocycles. The molecule has 0 aliphatic carbocycles. The smallest absolute Gasteiger partial charge is 0.104 e. The molecule has 3 N–H and O–H groups in total. The minimum Gasteiger partial charge on any atom is -0.353 e. The Hall–Kier alpha value is -2.07. The summed E-state index contributed by atoms with van der Waals surface area (Å²) in [6.07, 6.45) is 3.86. The van der Waals surface area contributed by atoms with E-state index in [4.69, 9.17) is 5.73 Å². The van der Waals surface area contributed by atoms with E-state index in [2.05, 4.69) is 41.2 Å². The Morgan fingerprint density at radius 1 is 1.37 bits per heavy atom. The minimum absolute atomic E-state index is 0.132. The van der Waals surface area contributed by atoms with Gasteiger partial charge in [-0.2, -0.15) is 0 Å². The van der Waals surface area contributed by atoms with Crippen molar-refractivity contribution < 1.29 is 0 Å². The number of fused-ring (bicyclic) bond motifs is 1. The molecular formula is C15H18N4. The first-order chi connectivity index (χ1) is 9.11. The van der Waals surface area contributed by atoms with E-state index in [0.717, 1.165) is 23.4 Å². The van der Waals surface area contributed by atoms with Crippen LogP contribution in [0.1, 0.15) is 12.5 Å². The maximum absolute atomic E-state index is 5.79. The minimum atomic E-state index is 0.132. The van der Waals surface area contributed by atoms with Crippen LogP contribution in [0.2, 0.25) is 0 Å². The van der Waals surface area contributed by atoms with Crippen LogP contribution in [0.4, 0.5) is 0 Å². The molecule has 0 aliphatic heterocycles. The lowest BCUT2D eigenvalue weighted by Crippen LogP contribution is -2.21. The average Bonchev–Trinajstić information content (AvgIpc) is 2.93.